The number of hydrogen-bond acceptors (Lipinski definition) is 6. The number of rotatable bonds is 7. The van der Waals surface area contributed by atoms with E-state index in [0.717, 1.165) is 51.9 Å². The topological polar surface area (TPSA) is 117 Å². The van der Waals surface area contributed by atoms with E-state index in [1.807, 2.05) is 70.8 Å². The number of carboxylic acid groups (broad SMARTS) is 1. The lowest BCUT2D eigenvalue weighted by Gasteiger charge is -2.43. The van der Waals surface area contributed by atoms with Gasteiger partial charge < -0.3 is 9.67 Å². The number of aryl methyl sites for hydroxylation is 1. The van der Waals surface area contributed by atoms with Crippen molar-refractivity contribution in [1.82, 2.24) is 23.9 Å². The molecule has 0 bridgehead atoms. The van der Waals surface area contributed by atoms with Crippen LogP contribution in [0.4, 0.5) is 0 Å². The second kappa shape index (κ2) is 10.5. The van der Waals surface area contributed by atoms with Crippen LogP contribution in [0.15, 0.2) is 70.3 Å². The normalized spacial score (nSPS) is 22.9. The first-order valence-electron chi connectivity index (χ1n) is 13.4. The van der Waals surface area contributed by atoms with Crippen LogP contribution in [0.1, 0.15) is 64.5 Å². The van der Waals surface area contributed by atoms with Crippen LogP contribution >= 0.6 is 26.7 Å². The number of fused-ring (bicyclic) bond motifs is 1. The van der Waals surface area contributed by atoms with E-state index in [9.17, 15) is 19.0 Å². The Morgan fingerprint density at radius 1 is 1.15 bits per heavy atom. The summed E-state index contributed by atoms with van der Waals surface area (Å²) in [6.07, 6.45) is 6.24. The maximum absolute atomic E-state index is 12.2. The van der Waals surface area contributed by atoms with Crippen molar-refractivity contribution < 1.29 is 19.0 Å². The Bertz CT molecular complexity index is 1580. The molecule has 3 N–H and O–H groups in total. The number of carbonyl (C=O) groups is 1. The summed E-state index contributed by atoms with van der Waals surface area (Å²) < 4.78 is 29.3. The van der Waals surface area contributed by atoms with Crippen LogP contribution in [-0.4, -0.2) is 50.6 Å². The summed E-state index contributed by atoms with van der Waals surface area (Å²) in [5.41, 5.74) is 4.65. The fourth-order valence-corrected chi connectivity index (χ4v) is 8.21. The van der Waals surface area contributed by atoms with Crippen LogP contribution in [0.25, 0.3) is 5.69 Å². The smallest absolute Gasteiger partial charge is 0.337 e. The molecule has 210 valence electrons. The third kappa shape index (κ3) is 5.01. The van der Waals surface area contributed by atoms with E-state index >= 15 is 0 Å². The lowest BCUT2D eigenvalue weighted by Crippen LogP contribution is -2.30. The average molecular weight is 627 g/mol. The van der Waals surface area contributed by atoms with Crippen LogP contribution in [0.5, 0.6) is 0 Å². The first-order chi connectivity index (χ1) is 19.2. The molecular weight excluding hydrogens is 594 g/mol. The second-order valence-electron chi connectivity index (χ2n) is 10.8. The van der Waals surface area contributed by atoms with Crippen LogP contribution in [0, 0.1) is 5.92 Å². The number of aromatic nitrogens is 4. The number of carboxylic acids is 1. The molecule has 1 unspecified atom stereocenters. The quantitative estimate of drug-likeness (QED) is 0.216. The molecule has 3 heterocycles. The van der Waals surface area contributed by atoms with Gasteiger partial charge in [-0.1, -0.05) is 52.7 Å². The number of halogens is 1. The fraction of sp³-hybridized carbons (Fsp3) is 0.345. The van der Waals surface area contributed by atoms with Gasteiger partial charge in [0.25, 0.3) is 0 Å². The highest BCUT2D eigenvalue weighted by Crippen LogP contribution is 2.57. The molecule has 9 nitrogen and oxygen atoms in total. The average Bonchev–Trinajstić information content (AvgIpc) is 3.40. The van der Waals surface area contributed by atoms with Crippen molar-refractivity contribution in [2.24, 2.45) is 13.0 Å². The molecule has 6 rings (SSSR count). The largest absolute Gasteiger partial charge is 0.478 e. The second-order valence-corrected chi connectivity index (χ2v) is 13.7. The lowest BCUT2D eigenvalue weighted by molar-refractivity contribution is 0.0695. The zero-order valence-electron chi connectivity index (χ0n) is 22.3. The van der Waals surface area contributed by atoms with Gasteiger partial charge in [-0.05, 0) is 60.2 Å². The number of nitrogens with zero attached hydrogens (tertiary/aromatic N) is 5. The molecule has 1 fully saturated rings. The van der Waals surface area contributed by atoms with Gasteiger partial charge in [-0.15, -0.1) is 15.9 Å². The molecule has 1 aliphatic carbocycles. The number of benzene rings is 2. The van der Waals surface area contributed by atoms with Gasteiger partial charge in [0.15, 0.2) is 0 Å². The highest BCUT2D eigenvalue weighted by molar-refractivity contribution is 9.10. The summed E-state index contributed by atoms with van der Waals surface area (Å²) in [5.74, 6) is -0.513. The molecule has 0 saturated heterocycles. The van der Waals surface area contributed by atoms with Crippen molar-refractivity contribution in [2.45, 2.75) is 49.5 Å². The van der Waals surface area contributed by atoms with Crippen LogP contribution in [0.3, 0.4) is 0 Å². The Morgan fingerprint density at radius 2 is 1.98 bits per heavy atom. The maximum atomic E-state index is 12.2. The standard InChI is InChI=1S/C29H32BrN5O4S/c1-3-18-11-20-7-8-21(30)13-27(20)40(38,39)34(15-18)16-19-5-4-6-22(12-19)35-10-9-23(29(36)37)28(35)25-14-24(25)26-17-33(2)32-31-26/h4-10,12-13,17-18,24-25,38-39H,3,11,14-16H2,1-2H3,(H,36,37)/t18?,24-,25-/m1/s1. The Labute approximate surface area is 243 Å². The monoisotopic (exact) mass is 625 g/mol. The minimum absolute atomic E-state index is 0.0271. The molecule has 1 saturated carbocycles. The highest BCUT2D eigenvalue weighted by atomic mass is 79.9. The van der Waals surface area contributed by atoms with Crippen molar-refractivity contribution in [3.63, 3.8) is 0 Å². The van der Waals surface area contributed by atoms with Gasteiger partial charge in [-0.3, -0.25) is 13.8 Å². The summed E-state index contributed by atoms with van der Waals surface area (Å²) in [6, 6.07) is 15.3. The van der Waals surface area contributed by atoms with Gasteiger partial charge in [0.05, 0.1) is 16.2 Å². The Hall–Kier alpha value is -2.96. The Morgan fingerprint density at radius 3 is 2.70 bits per heavy atom. The maximum Gasteiger partial charge on any atom is 0.337 e. The molecule has 0 amide bonds. The molecule has 2 aliphatic rings. The van der Waals surface area contributed by atoms with E-state index in [-0.39, 0.29) is 17.4 Å². The minimum Gasteiger partial charge on any atom is -0.478 e. The molecule has 1 aliphatic heterocycles. The Kier molecular flexibility index (Phi) is 7.12. The molecule has 0 spiro atoms. The molecule has 4 aromatic rings. The molecular formula is C29H32BrN5O4S. The molecule has 11 heteroatoms. The van der Waals surface area contributed by atoms with Gasteiger partial charge in [0, 0.05) is 60.2 Å². The minimum atomic E-state index is -3.21. The summed E-state index contributed by atoms with van der Waals surface area (Å²) >= 11 is 3.50. The van der Waals surface area contributed by atoms with Crippen molar-refractivity contribution >= 4 is 32.7 Å². The number of hydrogen-bond donors (Lipinski definition) is 3. The van der Waals surface area contributed by atoms with Gasteiger partial charge in [0.2, 0.25) is 0 Å². The summed E-state index contributed by atoms with van der Waals surface area (Å²) in [6.45, 7) is 3.06. The van der Waals surface area contributed by atoms with Gasteiger partial charge >= 0.3 is 5.97 Å². The highest BCUT2D eigenvalue weighted by Gasteiger charge is 2.45. The Balaban J connectivity index is 1.33. The van der Waals surface area contributed by atoms with E-state index in [2.05, 4.69) is 33.2 Å². The summed E-state index contributed by atoms with van der Waals surface area (Å²) in [5, 5.41) is 18.3. The lowest BCUT2D eigenvalue weighted by atomic mass is 9.97. The van der Waals surface area contributed by atoms with Crippen LogP contribution < -0.4 is 0 Å². The van der Waals surface area contributed by atoms with E-state index in [4.69, 9.17) is 0 Å². The zero-order valence-corrected chi connectivity index (χ0v) is 24.7. The van der Waals surface area contributed by atoms with Crippen LogP contribution in [-0.2, 0) is 20.0 Å². The van der Waals surface area contributed by atoms with Crippen molar-refractivity contribution in [2.75, 3.05) is 6.54 Å². The van der Waals surface area contributed by atoms with E-state index in [0.29, 0.717) is 23.9 Å². The van der Waals surface area contributed by atoms with Gasteiger partial charge in [0.1, 0.15) is 0 Å². The van der Waals surface area contributed by atoms with Crippen molar-refractivity contribution in [3.8, 4) is 5.69 Å². The zero-order chi connectivity index (χ0) is 28.2. The summed E-state index contributed by atoms with van der Waals surface area (Å²) in [7, 11) is -1.39. The van der Waals surface area contributed by atoms with Crippen LogP contribution in [0.2, 0.25) is 0 Å². The van der Waals surface area contributed by atoms with E-state index < -0.39 is 16.7 Å². The number of aromatic carboxylic acids is 1. The fourth-order valence-electron chi connectivity index (χ4n) is 5.88. The predicted octanol–water partition coefficient (Wildman–Crippen LogP) is 6.45. The first-order valence-corrected chi connectivity index (χ1v) is 15.7. The summed E-state index contributed by atoms with van der Waals surface area (Å²) in [4.78, 5) is 12.7. The van der Waals surface area contributed by atoms with Gasteiger partial charge in [-0.2, -0.15) is 4.31 Å². The third-order valence-electron chi connectivity index (χ3n) is 8.08. The van der Waals surface area contributed by atoms with Crippen molar-refractivity contribution in [3.05, 3.63) is 93.5 Å². The van der Waals surface area contributed by atoms with Gasteiger partial charge in [-0.25, -0.2) is 4.79 Å². The SMILES string of the molecule is CCC1Cc2ccc(Br)cc2S(O)(O)N(Cc2cccc(-n3ccc(C(=O)O)c3[C@@H]3C[C@H]3c3cn(C)nn3)c2)C1. The van der Waals surface area contributed by atoms with Crippen molar-refractivity contribution in [1.29, 1.82) is 0 Å². The third-order valence-corrected chi connectivity index (χ3v) is 10.5. The molecule has 2 aromatic heterocycles. The van der Waals surface area contributed by atoms with E-state index in [1.165, 1.54) is 0 Å². The predicted molar refractivity (Wildman–Crippen MR) is 157 cm³/mol. The molecule has 0 radical (unpaired) electrons. The molecule has 2 aromatic carbocycles. The molecule has 40 heavy (non-hydrogen) atoms. The molecule has 3 atom stereocenters. The van der Waals surface area contributed by atoms with E-state index in [1.54, 1.807) is 10.7 Å². The first kappa shape index (κ1) is 27.2.